The number of carbonyl (C=O) groups excluding carboxylic acids is 1. The van der Waals surface area contributed by atoms with Gasteiger partial charge in [-0.05, 0) is 18.2 Å². The zero-order valence-electron chi connectivity index (χ0n) is 10.7. The third kappa shape index (κ3) is 5.81. The Morgan fingerprint density at radius 1 is 1.35 bits per heavy atom. The Morgan fingerprint density at radius 2 is 2.00 bits per heavy atom. The lowest BCUT2D eigenvalue weighted by molar-refractivity contribution is -0.117. The molecule has 2 rings (SSSR count). The van der Waals surface area contributed by atoms with E-state index >= 15 is 0 Å². The van der Waals surface area contributed by atoms with E-state index in [2.05, 4.69) is 15.5 Å². The van der Waals surface area contributed by atoms with Crippen LogP contribution >= 0.6 is 36.4 Å². The summed E-state index contributed by atoms with van der Waals surface area (Å²) in [5.74, 6) is -0.601. The van der Waals surface area contributed by atoms with Gasteiger partial charge < -0.3 is 10.6 Å². The maximum absolute atomic E-state index is 12.9. The standard InChI is InChI=1S/C12H15ClFN3O.2ClH/c13-10-7-9(1-2-11(10)14)16-12(18)8-17-5-3-15-4-6-17;;/h1-2,7,15H,3-6,8H2,(H,16,18);2*1H. The number of carbonyl (C=O) groups is 1. The van der Waals surface area contributed by atoms with Crippen molar-refractivity contribution in [3.63, 3.8) is 0 Å². The molecule has 1 heterocycles. The molecule has 0 radical (unpaired) electrons. The van der Waals surface area contributed by atoms with Crippen LogP contribution in [-0.4, -0.2) is 43.5 Å². The summed E-state index contributed by atoms with van der Waals surface area (Å²) in [7, 11) is 0. The van der Waals surface area contributed by atoms with E-state index in [9.17, 15) is 9.18 Å². The van der Waals surface area contributed by atoms with Crippen molar-refractivity contribution in [3.05, 3.63) is 29.0 Å². The van der Waals surface area contributed by atoms with Gasteiger partial charge in [-0.1, -0.05) is 11.6 Å². The molecule has 1 aliphatic heterocycles. The Labute approximate surface area is 134 Å². The number of amides is 1. The molecule has 0 spiro atoms. The zero-order chi connectivity index (χ0) is 13.0. The van der Waals surface area contributed by atoms with Crippen LogP contribution in [0.15, 0.2) is 18.2 Å². The SMILES string of the molecule is Cl.Cl.O=C(CN1CCNCC1)Nc1ccc(F)c(Cl)c1. The maximum Gasteiger partial charge on any atom is 0.238 e. The number of rotatable bonds is 3. The second-order valence-electron chi connectivity index (χ2n) is 4.20. The minimum atomic E-state index is -0.489. The fraction of sp³-hybridized carbons (Fsp3) is 0.417. The van der Waals surface area contributed by atoms with Gasteiger partial charge in [0.2, 0.25) is 5.91 Å². The summed E-state index contributed by atoms with van der Waals surface area (Å²) < 4.78 is 12.9. The molecule has 0 saturated carbocycles. The second kappa shape index (κ2) is 9.37. The van der Waals surface area contributed by atoms with Gasteiger partial charge in [-0.15, -0.1) is 24.8 Å². The van der Waals surface area contributed by atoms with E-state index in [1.807, 2.05) is 0 Å². The predicted molar refractivity (Wildman–Crippen MR) is 83.8 cm³/mol. The Hall–Kier alpha value is -0.590. The topological polar surface area (TPSA) is 44.4 Å². The average Bonchev–Trinajstić information content (AvgIpc) is 2.35. The summed E-state index contributed by atoms with van der Waals surface area (Å²) in [6, 6.07) is 4.15. The molecule has 1 amide bonds. The predicted octanol–water partition coefficient (Wildman–Crippen LogP) is 2.17. The number of halogens is 4. The third-order valence-electron chi connectivity index (χ3n) is 2.78. The quantitative estimate of drug-likeness (QED) is 0.883. The van der Waals surface area contributed by atoms with Crippen LogP contribution in [0.5, 0.6) is 0 Å². The van der Waals surface area contributed by atoms with Crippen LogP contribution in [-0.2, 0) is 4.79 Å². The molecule has 20 heavy (non-hydrogen) atoms. The highest BCUT2D eigenvalue weighted by atomic mass is 35.5. The number of hydrogen-bond donors (Lipinski definition) is 2. The molecule has 0 aliphatic carbocycles. The number of nitrogens with one attached hydrogen (secondary N) is 2. The van der Waals surface area contributed by atoms with Gasteiger partial charge in [0.1, 0.15) is 5.82 Å². The molecule has 0 bridgehead atoms. The molecule has 1 saturated heterocycles. The van der Waals surface area contributed by atoms with Crippen molar-refractivity contribution in [2.24, 2.45) is 0 Å². The number of hydrogen-bond acceptors (Lipinski definition) is 3. The molecule has 8 heteroatoms. The van der Waals surface area contributed by atoms with Crippen LogP contribution in [0.1, 0.15) is 0 Å². The molecule has 1 aliphatic rings. The van der Waals surface area contributed by atoms with Crippen LogP contribution in [0.2, 0.25) is 5.02 Å². The van der Waals surface area contributed by atoms with Gasteiger partial charge in [0.15, 0.2) is 0 Å². The van der Waals surface area contributed by atoms with E-state index < -0.39 is 5.82 Å². The fourth-order valence-electron chi connectivity index (χ4n) is 1.85. The molecule has 1 fully saturated rings. The molecule has 0 unspecified atom stereocenters. The summed E-state index contributed by atoms with van der Waals surface area (Å²) in [6.45, 7) is 3.86. The lowest BCUT2D eigenvalue weighted by Crippen LogP contribution is -2.46. The highest BCUT2D eigenvalue weighted by Crippen LogP contribution is 2.19. The lowest BCUT2D eigenvalue weighted by Gasteiger charge is -2.26. The Kier molecular flexibility index (Phi) is 9.09. The van der Waals surface area contributed by atoms with E-state index in [-0.39, 0.29) is 35.7 Å². The molecule has 0 atom stereocenters. The third-order valence-corrected chi connectivity index (χ3v) is 3.07. The largest absolute Gasteiger partial charge is 0.325 e. The van der Waals surface area contributed by atoms with Gasteiger partial charge in [-0.25, -0.2) is 4.39 Å². The van der Waals surface area contributed by atoms with Crippen molar-refractivity contribution in [1.82, 2.24) is 10.2 Å². The number of benzene rings is 1. The number of piperazine rings is 1. The molecule has 114 valence electrons. The molecule has 1 aromatic carbocycles. The van der Waals surface area contributed by atoms with Crippen molar-refractivity contribution in [1.29, 1.82) is 0 Å². The summed E-state index contributed by atoms with van der Waals surface area (Å²) >= 11 is 5.64. The average molecular weight is 345 g/mol. The van der Waals surface area contributed by atoms with Crippen LogP contribution < -0.4 is 10.6 Å². The normalized spacial score (nSPS) is 14.9. The van der Waals surface area contributed by atoms with Crippen molar-refractivity contribution >= 4 is 48.0 Å². The summed E-state index contributed by atoms with van der Waals surface area (Å²) in [5, 5.41) is 5.93. The van der Waals surface area contributed by atoms with E-state index in [4.69, 9.17) is 11.6 Å². The van der Waals surface area contributed by atoms with Crippen molar-refractivity contribution < 1.29 is 9.18 Å². The molecular formula is C12H17Cl3FN3O. The Bertz CT molecular complexity index is 442. The van der Waals surface area contributed by atoms with Crippen molar-refractivity contribution in [3.8, 4) is 0 Å². The number of anilines is 1. The first-order valence-electron chi connectivity index (χ1n) is 5.83. The van der Waals surface area contributed by atoms with Crippen LogP contribution in [0.4, 0.5) is 10.1 Å². The smallest absolute Gasteiger partial charge is 0.238 e. The Morgan fingerprint density at radius 3 is 2.60 bits per heavy atom. The first-order valence-corrected chi connectivity index (χ1v) is 6.21. The lowest BCUT2D eigenvalue weighted by atomic mass is 10.3. The Balaban J connectivity index is 0.00000180. The van der Waals surface area contributed by atoms with Crippen LogP contribution in [0.3, 0.4) is 0 Å². The molecule has 1 aromatic rings. The number of nitrogens with zero attached hydrogens (tertiary/aromatic N) is 1. The van der Waals surface area contributed by atoms with Crippen molar-refractivity contribution in [2.75, 3.05) is 38.0 Å². The van der Waals surface area contributed by atoms with Gasteiger partial charge in [0, 0.05) is 31.9 Å². The maximum atomic E-state index is 12.9. The molecule has 0 aromatic heterocycles. The van der Waals surface area contributed by atoms with Crippen LogP contribution in [0, 0.1) is 5.82 Å². The molecule has 2 N–H and O–H groups in total. The van der Waals surface area contributed by atoms with Gasteiger partial charge in [0.05, 0.1) is 11.6 Å². The highest BCUT2D eigenvalue weighted by Gasteiger charge is 2.13. The molecule has 4 nitrogen and oxygen atoms in total. The first kappa shape index (κ1) is 19.4. The zero-order valence-corrected chi connectivity index (χ0v) is 13.1. The van der Waals surface area contributed by atoms with Gasteiger partial charge in [0.25, 0.3) is 0 Å². The minimum absolute atomic E-state index is 0. The van der Waals surface area contributed by atoms with Gasteiger partial charge in [-0.2, -0.15) is 0 Å². The fourth-order valence-corrected chi connectivity index (χ4v) is 2.03. The van der Waals surface area contributed by atoms with E-state index in [0.29, 0.717) is 12.2 Å². The van der Waals surface area contributed by atoms with Gasteiger partial charge >= 0.3 is 0 Å². The minimum Gasteiger partial charge on any atom is -0.325 e. The summed E-state index contributed by atoms with van der Waals surface area (Å²) in [6.07, 6.45) is 0. The van der Waals surface area contributed by atoms with E-state index in [0.717, 1.165) is 26.2 Å². The molecular weight excluding hydrogens is 328 g/mol. The second-order valence-corrected chi connectivity index (χ2v) is 4.61. The monoisotopic (exact) mass is 343 g/mol. The van der Waals surface area contributed by atoms with E-state index in [1.54, 1.807) is 0 Å². The highest BCUT2D eigenvalue weighted by molar-refractivity contribution is 6.31. The van der Waals surface area contributed by atoms with Crippen molar-refractivity contribution in [2.45, 2.75) is 0 Å². The first-order chi connectivity index (χ1) is 8.65. The van der Waals surface area contributed by atoms with Gasteiger partial charge in [-0.3, -0.25) is 9.69 Å². The van der Waals surface area contributed by atoms with Crippen LogP contribution in [0.25, 0.3) is 0 Å². The summed E-state index contributed by atoms with van der Waals surface area (Å²) in [4.78, 5) is 13.8. The van der Waals surface area contributed by atoms with E-state index in [1.165, 1.54) is 18.2 Å². The summed E-state index contributed by atoms with van der Waals surface area (Å²) in [5.41, 5.74) is 0.515.